The van der Waals surface area contributed by atoms with Gasteiger partial charge in [-0.25, -0.2) is 9.97 Å². The number of anilines is 2. The number of hydrogen-bond donors (Lipinski definition) is 2. The van der Waals surface area contributed by atoms with Crippen molar-refractivity contribution in [2.75, 3.05) is 36.4 Å². The Bertz CT molecular complexity index is 1640. The van der Waals surface area contributed by atoms with Crippen LogP contribution in [-0.2, 0) is 6.54 Å². The van der Waals surface area contributed by atoms with Crippen LogP contribution in [0.2, 0.25) is 10.0 Å². The molecule has 2 N–H and O–H groups in total. The lowest BCUT2D eigenvalue weighted by molar-refractivity contribution is 0.0746. The molecule has 1 amide bonds. The van der Waals surface area contributed by atoms with Crippen LogP contribution in [0, 0.1) is 0 Å². The molecule has 0 bridgehead atoms. The van der Waals surface area contributed by atoms with E-state index in [1.807, 2.05) is 11.2 Å². The zero-order valence-corrected chi connectivity index (χ0v) is 23.6. The van der Waals surface area contributed by atoms with E-state index in [-0.39, 0.29) is 11.9 Å². The number of nitrogens with one attached hydrogen (secondary N) is 2. The maximum Gasteiger partial charge on any atom is 0.255 e. The normalized spacial score (nSPS) is 14.7. The highest BCUT2D eigenvalue weighted by Gasteiger charge is 2.25. The molecule has 1 aliphatic heterocycles. The lowest BCUT2D eigenvalue weighted by Crippen LogP contribution is -2.49. The van der Waals surface area contributed by atoms with Gasteiger partial charge >= 0.3 is 0 Å². The van der Waals surface area contributed by atoms with E-state index in [9.17, 15) is 4.79 Å². The fourth-order valence-electron chi connectivity index (χ4n) is 4.78. The molecule has 1 atom stereocenters. The molecule has 1 saturated heterocycles. The molecule has 1 fully saturated rings. The number of imidazole rings is 2. The first kappa shape index (κ1) is 26.3. The molecule has 0 radical (unpaired) electrons. The van der Waals surface area contributed by atoms with Gasteiger partial charge in [0.2, 0.25) is 5.95 Å². The van der Waals surface area contributed by atoms with Crippen LogP contribution in [-0.4, -0.2) is 71.5 Å². The van der Waals surface area contributed by atoms with E-state index >= 15 is 0 Å². The molecular formula is C27H28Cl2N10O. The predicted molar refractivity (Wildman–Crippen MR) is 156 cm³/mol. The average molecular weight is 579 g/mol. The molecule has 5 heterocycles. The van der Waals surface area contributed by atoms with Crippen LogP contribution in [0.3, 0.4) is 0 Å². The number of amides is 1. The van der Waals surface area contributed by atoms with E-state index < -0.39 is 0 Å². The standard InChI is InChI=1S/C27H28Cl2N10O/c1-3-16(2)39-15-32-23-24(31-14-22-33-20-11-18(28)19(29)12-21(20)34-22)35-27(36-25(23)39)38-9-7-37(8-10-38)26(40)17-5-4-6-30-13-17/h4-6,11-13,15-16H,3,7-10,14H2,1-2H3,(H,33,34)(H,31,35,36). The van der Waals surface area contributed by atoms with E-state index in [4.69, 9.17) is 33.2 Å². The fraction of sp³-hybridized carbons (Fsp3) is 0.333. The molecule has 1 aliphatic rings. The molecule has 11 nitrogen and oxygen atoms in total. The summed E-state index contributed by atoms with van der Waals surface area (Å²) in [6.07, 6.45) is 6.02. The molecule has 0 spiro atoms. The largest absolute Gasteiger partial charge is 0.361 e. The number of carbonyl (C=O) groups is 1. The Labute approximate surface area is 240 Å². The smallest absolute Gasteiger partial charge is 0.255 e. The third-order valence-electron chi connectivity index (χ3n) is 7.23. The number of H-pyrrole nitrogens is 1. The topological polar surface area (TPSA) is 121 Å². The highest BCUT2D eigenvalue weighted by molar-refractivity contribution is 6.42. The van der Waals surface area contributed by atoms with Gasteiger partial charge in [0.05, 0.1) is 39.5 Å². The van der Waals surface area contributed by atoms with E-state index in [2.05, 4.69) is 48.6 Å². The first-order chi connectivity index (χ1) is 19.4. The van der Waals surface area contributed by atoms with Gasteiger partial charge in [-0.2, -0.15) is 9.97 Å². The summed E-state index contributed by atoms with van der Waals surface area (Å²) in [5.41, 5.74) is 3.59. The second kappa shape index (κ2) is 10.9. The average Bonchev–Trinajstić information content (AvgIpc) is 3.59. The first-order valence-corrected chi connectivity index (χ1v) is 13.9. The summed E-state index contributed by atoms with van der Waals surface area (Å²) < 4.78 is 2.08. The van der Waals surface area contributed by atoms with E-state index in [0.717, 1.165) is 23.1 Å². The Kier molecular flexibility index (Phi) is 7.16. The molecule has 0 aliphatic carbocycles. The number of benzene rings is 1. The van der Waals surface area contributed by atoms with Gasteiger partial charge in [-0.15, -0.1) is 0 Å². The molecule has 6 rings (SSSR count). The number of hydrogen-bond acceptors (Lipinski definition) is 8. The molecule has 0 saturated carbocycles. The van der Waals surface area contributed by atoms with Gasteiger partial charge in [-0.3, -0.25) is 9.78 Å². The highest BCUT2D eigenvalue weighted by Crippen LogP contribution is 2.28. The number of fused-ring (bicyclic) bond motifs is 2. The summed E-state index contributed by atoms with van der Waals surface area (Å²) >= 11 is 12.3. The number of aromatic nitrogens is 7. The second-order valence-electron chi connectivity index (χ2n) is 9.80. The van der Waals surface area contributed by atoms with Gasteiger partial charge in [0, 0.05) is 44.6 Å². The van der Waals surface area contributed by atoms with Gasteiger partial charge in [0.1, 0.15) is 5.82 Å². The molecule has 206 valence electrons. The zero-order chi connectivity index (χ0) is 27.8. The van der Waals surface area contributed by atoms with E-state index in [0.29, 0.717) is 71.4 Å². The Morgan fingerprint density at radius 1 is 1.12 bits per heavy atom. The van der Waals surface area contributed by atoms with E-state index in [1.165, 1.54) is 0 Å². The van der Waals surface area contributed by atoms with E-state index in [1.54, 1.807) is 36.7 Å². The fourth-order valence-corrected chi connectivity index (χ4v) is 5.10. The van der Waals surface area contributed by atoms with Crippen molar-refractivity contribution < 1.29 is 4.79 Å². The Hall–Kier alpha value is -3.96. The van der Waals surface area contributed by atoms with Gasteiger partial charge in [0.15, 0.2) is 17.0 Å². The number of carbonyl (C=O) groups excluding carboxylic acids is 1. The van der Waals surface area contributed by atoms with Crippen LogP contribution in [0.1, 0.15) is 42.5 Å². The predicted octanol–water partition coefficient (Wildman–Crippen LogP) is 4.95. The summed E-state index contributed by atoms with van der Waals surface area (Å²) in [7, 11) is 0. The van der Waals surface area contributed by atoms with Crippen LogP contribution < -0.4 is 10.2 Å². The number of rotatable bonds is 7. The molecule has 1 unspecified atom stereocenters. The second-order valence-corrected chi connectivity index (χ2v) is 10.6. The lowest BCUT2D eigenvalue weighted by atomic mass is 10.2. The van der Waals surface area contributed by atoms with Gasteiger partial charge in [-0.05, 0) is 37.6 Å². The zero-order valence-electron chi connectivity index (χ0n) is 22.1. The SMILES string of the molecule is CCC(C)n1cnc2c(NCc3nc4cc(Cl)c(Cl)cc4[nH]3)nc(N3CCN(C(=O)c4cccnc4)CC3)nc21. The number of pyridine rings is 1. The quantitative estimate of drug-likeness (QED) is 0.278. The van der Waals surface area contributed by atoms with Crippen LogP contribution in [0.5, 0.6) is 0 Å². The van der Waals surface area contributed by atoms with Crippen molar-refractivity contribution in [1.29, 1.82) is 0 Å². The number of halogens is 2. The number of nitrogens with zero attached hydrogens (tertiary/aromatic N) is 8. The summed E-state index contributed by atoms with van der Waals surface area (Å²) in [5.74, 6) is 1.91. The molecule has 4 aromatic heterocycles. The molecule has 40 heavy (non-hydrogen) atoms. The number of aromatic amines is 1. The third kappa shape index (κ3) is 5.02. The first-order valence-electron chi connectivity index (χ1n) is 13.2. The maximum atomic E-state index is 12.9. The van der Waals surface area contributed by atoms with Crippen LogP contribution in [0.25, 0.3) is 22.2 Å². The monoisotopic (exact) mass is 578 g/mol. The van der Waals surface area contributed by atoms with Crippen LogP contribution in [0.4, 0.5) is 11.8 Å². The van der Waals surface area contributed by atoms with Crippen molar-refractivity contribution in [2.45, 2.75) is 32.9 Å². The minimum absolute atomic E-state index is 0.0188. The minimum Gasteiger partial charge on any atom is -0.361 e. The van der Waals surface area contributed by atoms with Gasteiger partial charge in [0.25, 0.3) is 5.91 Å². The van der Waals surface area contributed by atoms with Crippen molar-refractivity contribution >= 4 is 63.1 Å². The molecule has 1 aromatic carbocycles. The highest BCUT2D eigenvalue weighted by atomic mass is 35.5. The van der Waals surface area contributed by atoms with Crippen molar-refractivity contribution in [3.8, 4) is 0 Å². The molecule has 13 heteroatoms. The summed E-state index contributed by atoms with van der Waals surface area (Å²) in [6.45, 7) is 7.01. The molecular weight excluding hydrogens is 551 g/mol. The summed E-state index contributed by atoms with van der Waals surface area (Å²) in [4.78, 5) is 43.3. The number of piperazine rings is 1. The third-order valence-corrected chi connectivity index (χ3v) is 7.95. The summed E-state index contributed by atoms with van der Waals surface area (Å²) in [6, 6.07) is 7.30. The Morgan fingerprint density at radius 2 is 1.93 bits per heavy atom. The van der Waals surface area contributed by atoms with Crippen LogP contribution in [0.15, 0.2) is 43.0 Å². The summed E-state index contributed by atoms with van der Waals surface area (Å²) in [5, 5.41) is 4.34. The van der Waals surface area contributed by atoms with Crippen molar-refractivity contribution in [2.24, 2.45) is 0 Å². The Balaban J connectivity index is 1.26. The van der Waals surface area contributed by atoms with Crippen molar-refractivity contribution in [1.82, 2.24) is 39.4 Å². The lowest BCUT2D eigenvalue weighted by Gasteiger charge is -2.34. The van der Waals surface area contributed by atoms with Crippen molar-refractivity contribution in [3.05, 3.63) is 64.4 Å². The Morgan fingerprint density at radius 3 is 2.67 bits per heavy atom. The maximum absolute atomic E-state index is 12.9. The van der Waals surface area contributed by atoms with Gasteiger partial charge < -0.3 is 24.7 Å². The van der Waals surface area contributed by atoms with Crippen molar-refractivity contribution in [3.63, 3.8) is 0 Å². The minimum atomic E-state index is -0.0188. The van der Waals surface area contributed by atoms with Gasteiger partial charge in [-0.1, -0.05) is 30.1 Å². The van der Waals surface area contributed by atoms with Crippen LogP contribution >= 0.6 is 23.2 Å². The molecule has 5 aromatic rings.